The molecule has 0 aliphatic rings. The summed E-state index contributed by atoms with van der Waals surface area (Å²) in [5, 5.41) is 2.09. The highest BCUT2D eigenvalue weighted by Crippen LogP contribution is 2.26. The van der Waals surface area contributed by atoms with Crippen molar-refractivity contribution in [3.63, 3.8) is 0 Å². The Morgan fingerprint density at radius 2 is 1.80 bits per heavy atom. The summed E-state index contributed by atoms with van der Waals surface area (Å²) in [6, 6.07) is 12.4. The van der Waals surface area contributed by atoms with Crippen molar-refractivity contribution >= 4 is 11.3 Å². The molecule has 0 spiro atoms. The summed E-state index contributed by atoms with van der Waals surface area (Å²) in [4.78, 5) is 1.30. The lowest BCUT2D eigenvalue weighted by atomic mass is 10.2. The van der Waals surface area contributed by atoms with Crippen LogP contribution in [0.4, 0.5) is 0 Å². The molecule has 0 saturated carbocycles. The van der Waals surface area contributed by atoms with Crippen LogP contribution in [0.15, 0.2) is 41.8 Å². The van der Waals surface area contributed by atoms with Crippen LogP contribution in [-0.2, 0) is 0 Å². The highest BCUT2D eigenvalue weighted by atomic mass is 32.1. The van der Waals surface area contributed by atoms with Crippen LogP contribution in [-0.4, -0.2) is 6.10 Å². The van der Waals surface area contributed by atoms with E-state index in [-0.39, 0.29) is 6.10 Å². The van der Waals surface area contributed by atoms with Crippen LogP contribution in [0.25, 0.3) is 10.4 Å². The number of rotatable bonds is 3. The molecule has 1 aromatic carbocycles. The predicted molar refractivity (Wildman–Crippen MR) is 65.5 cm³/mol. The van der Waals surface area contributed by atoms with Crippen molar-refractivity contribution < 1.29 is 4.74 Å². The maximum atomic E-state index is 5.59. The van der Waals surface area contributed by atoms with Crippen LogP contribution in [0.3, 0.4) is 0 Å². The van der Waals surface area contributed by atoms with E-state index in [9.17, 15) is 0 Å². The summed E-state index contributed by atoms with van der Waals surface area (Å²) in [7, 11) is 0. The van der Waals surface area contributed by atoms with E-state index in [4.69, 9.17) is 4.74 Å². The second-order valence-electron chi connectivity index (χ2n) is 3.67. The van der Waals surface area contributed by atoms with Crippen LogP contribution in [0.1, 0.15) is 13.8 Å². The second-order valence-corrected chi connectivity index (χ2v) is 4.62. The number of thiophene rings is 1. The number of benzene rings is 1. The van der Waals surface area contributed by atoms with Crippen molar-refractivity contribution in [3.05, 3.63) is 41.8 Å². The van der Waals surface area contributed by atoms with E-state index in [0.717, 1.165) is 5.75 Å². The molecule has 0 unspecified atom stereocenters. The third kappa shape index (κ3) is 2.60. The molecule has 1 nitrogen and oxygen atoms in total. The maximum Gasteiger partial charge on any atom is 0.119 e. The predicted octanol–water partition coefficient (Wildman–Crippen LogP) is 4.20. The zero-order chi connectivity index (χ0) is 10.7. The van der Waals surface area contributed by atoms with Gasteiger partial charge in [0.2, 0.25) is 0 Å². The first kappa shape index (κ1) is 10.2. The molecule has 0 aliphatic heterocycles. The molecule has 0 atom stereocenters. The van der Waals surface area contributed by atoms with Crippen LogP contribution >= 0.6 is 11.3 Å². The van der Waals surface area contributed by atoms with Gasteiger partial charge in [-0.3, -0.25) is 0 Å². The number of hydrogen-bond acceptors (Lipinski definition) is 2. The van der Waals surface area contributed by atoms with Crippen molar-refractivity contribution in [3.8, 4) is 16.2 Å². The van der Waals surface area contributed by atoms with E-state index in [1.54, 1.807) is 11.3 Å². The van der Waals surface area contributed by atoms with Crippen molar-refractivity contribution in [1.82, 2.24) is 0 Å². The van der Waals surface area contributed by atoms with Crippen LogP contribution in [0.2, 0.25) is 0 Å². The van der Waals surface area contributed by atoms with Crippen LogP contribution < -0.4 is 4.74 Å². The maximum absolute atomic E-state index is 5.59. The smallest absolute Gasteiger partial charge is 0.119 e. The molecule has 15 heavy (non-hydrogen) atoms. The van der Waals surface area contributed by atoms with Crippen LogP contribution in [0, 0.1) is 0 Å². The molecule has 0 saturated heterocycles. The van der Waals surface area contributed by atoms with Crippen molar-refractivity contribution in [2.75, 3.05) is 0 Å². The molecular formula is C13H14OS. The van der Waals surface area contributed by atoms with Crippen LogP contribution in [0.5, 0.6) is 5.75 Å². The molecule has 0 radical (unpaired) electrons. The molecular weight excluding hydrogens is 204 g/mol. The average Bonchev–Trinajstić information content (AvgIpc) is 2.71. The Bertz CT molecular complexity index is 401. The fourth-order valence-corrected chi connectivity index (χ4v) is 2.15. The first-order chi connectivity index (χ1) is 7.25. The van der Waals surface area contributed by atoms with Gasteiger partial charge in [0.25, 0.3) is 0 Å². The van der Waals surface area contributed by atoms with Gasteiger partial charge < -0.3 is 4.74 Å². The molecule has 2 rings (SSSR count). The van der Waals surface area contributed by atoms with E-state index in [1.165, 1.54) is 10.4 Å². The Morgan fingerprint density at radius 3 is 2.33 bits per heavy atom. The monoisotopic (exact) mass is 218 g/mol. The molecule has 78 valence electrons. The average molecular weight is 218 g/mol. The Morgan fingerprint density at radius 1 is 1.07 bits per heavy atom. The van der Waals surface area contributed by atoms with E-state index >= 15 is 0 Å². The molecule has 1 heterocycles. The lowest BCUT2D eigenvalue weighted by Crippen LogP contribution is -2.04. The lowest BCUT2D eigenvalue weighted by Gasteiger charge is -2.09. The first-order valence-corrected chi connectivity index (χ1v) is 5.94. The summed E-state index contributed by atoms with van der Waals surface area (Å²) in [5.74, 6) is 0.935. The Labute approximate surface area is 94.3 Å². The van der Waals surface area contributed by atoms with E-state index in [0.29, 0.717) is 0 Å². The minimum atomic E-state index is 0.234. The lowest BCUT2D eigenvalue weighted by molar-refractivity contribution is 0.242. The first-order valence-electron chi connectivity index (χ1n) is 5.06. The topological polar surface area (TPSA) is 9.23 Å². The van der Waals surface area contributed by atoms with Gasteiger partial charge in [-0.1, -0.05) is 6.07 Å². The van der Waals surface area contributed by atoms with Gasteiger partial charge in [-0.2, -0.15) is 0 Å². The molecule has 0 amide bonds. The molecule has 2 aromatic rings. The summed E-state index contributed by atoms with van der Waals surface area (Å²) in [6.45, 7) is 4.07. The van der Waals surface area contributed by atoms with E-state index in [1.807, 2.05) is 26.0 Å². The van der Waals surface area contributed by atoms with Gasteiger partial charge in [0.05, 0.1) is 6.10 Å². The zero-order valence-corrected chi connectivity index (χ0v) is 9.75. The van der Waals surface area contributed by atoms with Gasteiger partial charge in [0.1, 0.15) is 5.75 Å². The van der Waals surface area contributed by atoms with Gasteiger partial charge in [0.15, 0.2) is 0 Å². The minimum Gasteiger partial charge on any atom is -0.491 e. The summed E-state index contributed by atoms with van der Waals surface area (Å²) in [5.41, 5.74) is 1.25. The SMILES string of the molecule is CC(C)Oc1ccc(-c2cccs2)cc1. The fourth-order valence-electron chi connectivity index (χ4n) is 1.41. The van der Waals surface area contributed by atoms with Gasteiger partial charge >= 0.3 is 0 Å². The molecule has 1 aromatic heterocycles. The van der Waals surface area contributed by atoms with Gasteiger partial charge in [-0.15, -0.1) is 11.3 Å². The zero-order valence-electron chi connectivity index (χ0n) is 8.94. The molecule has 0 fully saturated rings. The summed E-state index contributed by atoms with van der Waals surface area (Å²) < 4.78 is 5.59. The highest BCUT2D eigenvalue weighted by Gasteiger charge is 2.00. The summed E-state index contributed by atoms with van der Waals surface area (Å²) in [6.07, 6.45) is 0.234. The Hall–Kier alpha value is -1.28. The second kappa shape index (κ2) is 4.49. The Balaban J connectivity index is 2.17. The van der Waals surface area contributed by atoms with Crippen molar-refractivity contribution in [1.29, 1.82) is 0 Å². The van der Waals surface area contributed by atoms with Gasteiger partial charge in [0, 0.05) is 4.88 Å². The molecule has 0 aliphatic carbocycles. The minimum absolute atomic E-state index is 0.234. The number of ether oxygens (including phenoxy) is 1. The van der Waals surface area contributed by atoms with Crippen molar-refractivity contribution in [2.24, 2.45) is 0 Å². The fraction of sp³-hybridized carbons (Fsp3) is 0.231. The molecule has 0 bridgehead atoms. The largest absolute Gasteiger partial charge is 0.491 e. The molecule has 0 N–H and O–H groups in total. The van der Waals surface area contributed by atoms with E-state index in [2.05, 4.69) is 29.6 Å². The third-order valence-electron chi connectivity index (χ3n) is 2.03. The van der Waals surface area contributed by atoms with Crippen molar-refractivity contribution in [2.45, 2.75) is 20.0 Å². The quantitative estimate of drug-likeness (QED) is 0.750. The third-order valence-corrected chi connectivity index (χ3v) is 2.95. The molecule has 2 heteroatoms. The van der Waals surface area contributed by atoms with E-state index < -0.39 is 0 Å². The standard InChI is InChI=1S/C13H14OS/c1-10(2)14-12-7-5-11(6-8-12)13-4-3-9-15-13/h3-10H,1-2H3. The summed E-state index contributed by atoms with van der Waals surface area (Å²) >= 11 is 1.75. The van der Waals surface area contributed by atoms with Gasteiger partial charge in [-0.05, 0) is 55.1 Å². The number of hydrogen-bond donors (Lipinski definition) is 0. The van der Waals surface area contributed by atoms with Gasteiger partial charge in [-0.25, -0.2) is 0 Å². The normalized spacial score (nSPS) is 10.6. The Kier molecular flexibility index (Phi) is 3.07. The highest BCUT2D eigenvalue weighted by molar-refractivity contribution is 7.13.